The van der Waals surface area contributed by atoms with Crippen LogP contribution in [0.2, 0.25) is 0 Å². The number of alkyl halides is 2. The van der Waals surface area contributed by atoms with E-state index in [9.17, 15) is 23.5 Å². The average Bonchev–Trinajstić information content (AvgIpc) is 3.38. The maximum Gasteiger partial charge on any atom is 0.341 e. The summed E-state index contributed by atoms with van der Waals surface area (Å²) in [6.07, 6.45) is 0.238. The van der Waals surface area contributed by atoms with Gasteiger partial charge in [-0.2, -0.15) is 0 Å². The Hall–Kier alpha value is -2.75. The van der Waals surface area contributed by atoms with Gasteiger partial charge in [0.25, 0.3) is 0 Å². The number of aromatic amines is 1. The topological polar surface area (TPSA) is 109 Å². The number of ether oxygens (including phenoxy) is 1. The minimum absolute atomic E-state index is 0.0167. The number of aromatic carboxylic acids is 1. The summed E-state index contributed by atoms with van der Waals surface area (Å²) in [6, 6.07) is 0. The lowest BCUT2D eigenvalue weighted by atomic mass is 9.62. The van der Waals surface area contributed by atoms with Gasteiger partial charge in [0.15, 0.2) is 11.6 Å². The first-order chi connectivity index (χ1) is 14.7. The van der Waals surface area contributed by atoms with Crippen LogP contribution >= 0.6 is 0 Å². The predicted molar refractivity (Wildman–Crippen MR) is 107 cm³/mol. The number of nitrogens with one attached hydrogen (secondary N) is 1. The lowest BCUT2D eigenvalue weighted by molar-refractivity contribution is 0.0629. The molecule has 31 heavy (non-hydrogen) atoms. The fourth-order valence-corrected chi connectivity index (χ4v) is 5.47. The minimum atomic E-state index is -1.47. The molecule has 2 aromatic rings. The summed E-state index contributed by atoms with van der Waals surface area (Å²) >= 11 is 0. The number of benzene rings is 1. The number of aromatic nitrogens is 1. The standard InChI is InChI=1S/C21H22F3N3O4/c1-31-19-16-14(18(28)10(5-26-16)20(29)30)13(9-2-12(9)23)15(24)17(19)27-6-11-8(4-22)3-21(11,25)7-27/h5,8-9,11-12H,2-4,6-7,25H2,1H3,(H,26,28)(H,29,30)/t8-,9?,11+,12-,21+/m0/s1. The predicted octanol–water partition coefficient (Wildman–Crippen LogP) is 2.32. The van der Waals surface area contributed by atoms with Crippen molar-refractivity contribution in [1.82, 2.24) is 4.98 Å². The molecule has 1 aliphatic heterocycles. The van der Waals surface area contributed by atoms with E-state index in [1.54, 1.807) is 4.90 Å². The van der Waals surface area contributed by atoms with E-state index in [2.05, 4.69) is 4.98 Å². The SMILES string of the molecule is COc1c(N2C[C@@H]3[C@H](CF)C[C@@]3(N)C2)c(F)c(C2C[C@@H]2F)c2c(=O)c(C(=O)O)c[nH]c12. The number of anilines is 1. The molecule has 1 saturated heterocycles. The molecule has 5 atom stereocenters. The van der Waals surface area contributed by atoms with Gasteiger partial charge in [0.1, 0.15) is 17.4 Å². The van der Waals surface area contributed by atoms with Crippen molar-refractivity contribution in [2.45, 2.75) is 30.5 Å². The van der Waals surface area contributed by atoms with Gasteiger partial charge in [0, 0.05) is 42.2 Å². The maximum atomic E-state index is 16.0. The average molecular weight is 437 g/mol. The molecular formula is C21H22F3N3O4. The Labute approximate surface area is 175 Å². The molecule has 3 fully saturated rings. The number of carboxylic acid groups (broad SMARTS) is 1. The zero-order valence-electron chi connectivity index (χ0n) is 16.8. The van der Waals surface area contributed by atoms with E-state index in [0.717, 1.165) is 6.20 Å². The van der Waals surface area contributed by atoms with Crippen LogP contribution in [0.5, 0.6) is 5.75 Å². The molecule has 0 amide bonds. The van der Waals surface area contributed by atoms with Gasteiger partial charge >= 0.3 is 5.97 Å². The Kier molecular flexibility index (Phi) is 4.31. The van der Waals surface area contributed by atoms with Gasteiger partial charge in [0.2, 0.25) is 5.43 Å². The van der Waals surface area contributed by atoms with Gasteiger partial charge in [-0.1, -0.05) is 0 Å². The molecule has 2 aliphatic carbocycles. The van der Waals surface area contributed by atoms with Crippen LogP contribution in [0.15, 0.2) is 11.0 Å². The molecule has 5 rings (SSSR count). The highest BCUT2D eigenvalue weighted by atomic mass is 19.1. The number of hydrogen-bond acceptors (Lipinski definition) is 5. The summed E-state index contributed by atoms with van der Waals surface area (Å²) in [5.41, 5.74) is 4.31. The molecule has 4 N–H and O–H groups in total. The third-order valence-corrected chi connectivity index (χ3v) is 7.12. The number of hydrogen-bond donors (Lipinski definition) is 3. The first-order valence-corrected chi connectivity index (χ1v) is 10.1. The summed E-state index contributed by atoms with van der Waals surface area (Å²) in [7, 11) is 1.31. The molecule has 3 aliphatic rings. The van der Waals surface area contributed by atoms with Crippen molar-refractivity contribution in [2.24, 2.45) is 17.6 Å². The van der Waals surface area contributed by atoms with Crippen LogP contribution in [0.25, 0.3) is 10.9 Å². The van der Waals surface area contributed by atoms with Crippen LogP contribution in [0.4, 0.5) is 18.9 Å². The van der Waals surface area contributed by atoms with Crippen molar-refractivity contribution in [3.63, 3.8) is 0 Å². The number of nitrogens with zero attached hydrogens (tertiary/aromatic N) is 1. The Balaban J connectivity index is 1.75. The van der Waals surface area contributed by atoms with Crippen LogP contribution in [-0.2, 0) is 0 Å². The van der Waals surface area contributed by atoms with Gasteiger partial charge in [-0.05, 0) is 18.8 Å². The summed E-state index contributed by atoms with van der Waals surface area (Å²) in [4.78, 5) is 28.8. The van der Waals surface area contributed by atoms with E-state index in [1.165, 1.54) is 7.11 Å². The van der Waals surface area contributed by atoms with Crippen LogP contribution < -0.4 is 20.8 Å². The van der Waals surface area contributed by atoms with Gasteiger partial charge in [-0.15, -0.1) is 0 Å². The Morgan fingerprint density at radius 2 is 2.19 bits per heavy atom. The molecule has 0 bridgehead atoms. The molecule has 0 radical (unpaired) electrons. The number of methoxy groups -OCH3 is 1. The van der Waals surface area contributed by atoms with E-state index in [4.69, 9.17) is 10.5 Å². The van der Waals surface area contributed by atoms with E-state index >= 15 is 4.39 Å². The highest BCUT2D eigenvalue weighted by Gasteiger charge is 2.57. The first kappa shape index (κ1) is 20.2. The summed E-state index contributed by atoms with van der Waals surface area (Å²) < 4.78 is 48.7. The zero-order chi connectivity index (χ0) is 22.2. The zero-order valence-corrected chi connectivity index (χ0v) is 16.8. The Bertz CT molecular complexity index is 1170. The lowest BCUT2D eigenvalue weighted by Gasteiger charge is -2.46. The number of carboxylic acids is 1. The van der Waals surface area contributed by atoms with Crippen molar-refractivity contribution in [3.05, 3.63) is 33.4 Å². The number of fused-ring (bicyclic) bond motifs is 2. The quantitative estimate of drug-likeness (QED) is 0.663. The van der Waals surface area contributed by atoms with Gasteiger partial charge < -0.3 is 25.5 Å². The number of rotatable bonds is 5. The largest absolute Gasteiger partial charge is 0.492 e. The van der Waals surface area contributed by atoms with Crippen molar-refractivity contribution >= 4 is 22.6 Å². The number of pyridine rings is 1. The number of nitrogens with two attached hydrogens (primary N) is 1. The van der Waals surface area contributed by atoms with Gasteiger partial charge in [0.05, 0.1) is 24.7 Å². The highest BCUT2D eigenvalue weighted by molar-refractivity contribution is 5.99. The van der Waals surface area contributed by atoms with Crippen molar-refractivity contribution in [1.29, 1.82) is 0 Å². The lowest BCUT2D eigenvalue weighted by Crippen LogP contribution is -2.60. The molecular weight excluding hydrogens is 415 g/mol. The third kappa shape index (κ3) is 2.70. The fraction of sp³-hybridized carbons (Fsp3) is 0.524. The Morgan fingerprint density at radius 3 is 2.77 bits per heavy atom. The van der Waals surface area contributed by atoms with Crippen LogP contribution in [0.3, 0.4) is 0 Å². The number of H-pyrrole nitrogens is 1. The molecule has 2 heterocycles. The minimum Gasteiger partial charge on any atom is -0.492 e. The molecule has 2 saturated carbocycles. The molecule has 1 aromatic carbocycles. The van der Waals surface area contributed by atoms with E-state index in [-0.39, 0.29) is 52.7 Å². The number of halogens is 3. The second-order valence-corrected chi connectivity index (χ2v) is 8.89. The first-order valence-electron chi connectivity index (χ1n) is 10.1. The molecule has 166 valence electrons. The molecule has 1 aromatic heterocycles. The van der Waals surface area contributed by atoms with Crippen LogP contribution in [0.1, 0.15) is 34.7 Å². The van der Waals surface area contributed by atoms with Gasteiger partial charge in [-0.3, -0.25) is 9.18 Å². The van der Waals surface area contributed by atoms with Crippen LogP contribution in [0, 0.1) is 17.7 Å². The number of carbonyl (C=O) groups is 1. The molecule has 0 spiro atoms. The van der Waals surface area contributed by atoms with Crippen molar-refractivity contribution < 1.29 is 27.8 Å². The smallest absolute Gasteiger partial charge is 0.341 e. The second-order valence-electron chi connectivity index (χ2n) is 8.89. The van der Waals surface area contributed by atoms with Crippen molar-refractivity contribution in [2.75, 3.05) is 31.8 Å². The summed E-state index contributed by atoms with van der Waals surface area (Å²) in [6.45, 7) is 0.0783. The van der Waals surface area contributed by atoms with E-state index in [1.807, 2.05) is 0 Å². The molecule has 7 nitrogen and oxygen atoms in total. The normalized spacial score (nSPS) is 31.5. The van der Waals surface area contributed by atoms with Crippen molar-refractivity contribution in [3.8, 4) is 5.75 Å². The van der Waals surface area contributed by atoms with Gasteiger partial charge in [-0.25, -0.2) is 13.6 Å². The Morgan fingerprint density at radius 1 is 1.48 bits per heavy atom. The summed E-state index contributed by atoms with van der Waals surface area (Å²) in [5, 5.41) is 9.10. The monoisotopic (exact) mass is 437 g/mol. The maximum absolute atomic E-state index is 16.0. The van der Waals surface area contributed by atoms with E-state index < -0.39 is 47.1 Å². The summed E-state index contributed by atoms with van der Waals surface area (Å²) in [5.74, 6) is -3.46. The third-order valence-electron chi connectivity index (χ3n) is 7.12. The van der Waals surface area contributed by atoms with E-state index in [0.29, 0.717) is 13.0 Å². The molecule has 1 unspecified atom stereocenters. The van der Waals surface area contributed by atoms with Crippen LogP contribution in [-0.4, -0.2) is 54.6 Å². The fourth-order valence-electron chi connectivity index (χ4n) is 5.47. The molecule has 10 heteroatoms. The second kappa shape index (κ2) is 6.62. The highest BCUT2D eigenvalue weighted by Crippen LogP contribution is 2.54.